The van der Waals surface area contributed by atoms with Gasteiger partial charge in [-0.3, -0.25) is 4.79 Å². The van der Waals surface area contributed by atoms with Crippen LogP contribution in [0.15, 0.2) is 0 Å². The minimum absolute atomic E-state index is 0.0807. The lowest BCUT2D eigenvalue weighted by Crippen LogP contribution is -2.34. The van der Waals surface area contributed by atoms with E-state index >= 15 is 0 Å². The molecule has 13 heavy (non-hydrogen) atoms. The largest absolute Gasteiger partial charge is 0.355 e. The fraction of sp³-hybridized carbons (Fsp3) is 0.800. The predicted octanol–water partition coefficient (Wildman–Crippen LogP) is 1.55. The molecular weight excluding hydrogens is 164 g/mol. The van der Waals surface area contributed by atoms with Gasteiger partial charge in [0.25, 0.3) is 0 Å². The molecule has 0 fully saturated rings. The molecule has 1 atom stereocenters. The fourth-order valence-corrected chi connectivity index (χ4v) is 0.925. The fourth-order valence-electron chi connectivity index (χ4n) is 0.925. The average molecular weight is 182 g/mol. The second-order valence-corrected chi connectivity index (χ2v) is 3.99. The first-order valence-corrected chi connectivity index (χ1v) is 4.66. The molecule has 0 spiro atoms. The number of carbonyl (C=O) groups is 1. The molecule has 0 saturated carbocycles. The molecule has 1 amide bonds. The van der Waals surface area contributed by atoms with Gasteiger partial charge in [0.05, 0.1) is 6.07 Å². The van der Waals surface area contributed by atoms with Crippen molar-refractivity contribution in [2.24, 2.45) is 17.8 Å². The molecule has 0 aromatic rings. The van der Waals surface area contributed by atoms with E-state index < -0.39 is 5.92 Å². The molecule has 74 valence electrons. The van der Waals surface area contributed by atoms with Crippen LogP contribution in [0.3, 0.4) is 0 Å². The van der Waals surface area contributed by atoms with Crippen molar-refractivity contribution in [1.29, 1.82) is 5.26 Å². The molecule has 3 nitrogen and oxygen atoms in total. The maximum atomic E-state index is 11.4. The highest BCUT2D eigenvalue weighted by Gasteiger charge is 2.20. The van der Waals surface area contributed by atoms with Crippen LogP contribution in [0.5, 0.6) is 0 Å². The van der Waals surface area contributed by atoms with E-state index in [-0.39, 0.29) is 11.8 Å². The summed E-state index contributed by atoms with van der Waals surface area (Å²) in [4.78, 5) is 11.4. The summed E-state index contributed by atoms with van der Waals surface area (Å²) < 4.78 is 0. The molecule has 0 aliphatic heterocycles. The summed E-state index contributed by atoms with van der Waals surface area (Å²) in [6, 6.07) is 2.01. The highest BCUT2D eigenvalue weighted by Crippen LogP contribution is 2.09. The summed E-state index contributed by atoms with van der Waals surface area (Å²) in [5.74, 6) is -0.155. The smallest absolute Gasteiger partial charge is 0.237 e. The van der Waals surface area contributed by atoms with Crippen LogP contribution in [-0.2, 0) is 4.79 Å². The van der Waals surface area contributed by atoms with Crippen LogP contribution in [0.4, 0.5) is 0 Å². The van der Waals surface area contributed by atoms with Gasteiger partial charge in [-0.2, -0.15) is 5.26 Å². The summed E-state index contributed by atoms with van der Waals surface area (Å²) in [6.07, 6.45) is 0. The molecule has 0 rings (SSSR count). The second kappa shape index (κ2) is 5.58. The first-order valence-electron chi connectivity index (χ1n) is 4.66. The minimum atomic E-state index is -0.515. The summed E-state index contributed by atoms with van der Waals surface area (Å²) in [5.41, 5.74) is 0. The third kappa shape index (κ3) is 4.51. The number of nitriles is 1. The van der Waals surface area contributed by atoms with Crippen LogP contribution in [-0.4, -0.2) is 12.5 Å². The SMILES string of the molecule is CC(C)CNC(=O)C(C#N)C(C)C. The Morgan fingerprint density at radius 1 is 1.38 bits per heavy atom. The van der Waals surface area contributed by atoms with Crippen molar-refractivity contribution >= 4 is 5.91 Å². The molecular formula is C10H18N2O. The van der Waals surface area contributed by atoms with Gasteiger partial charge in [-0.15, -0.1) is 0 Å². The van der Waals surface area contributed by atoms with E-state index in [9.17, 15) is 4.79 Å². The van der Waals surface area contributed by atoms with Crippen LogP contribution >= 0.6 is 0 Å². The van der Waals surface area contributed by atoms with Crippen LogP contribution in [0.25, 0.3) is 0 Å². The van der Waals surface area contributed by atoms with Gasteiger partial charge >= 0.3 is 0 Å². The molecule has 0 aliphatic carbocycles. The van der Waals surface area contributed by atoms with Crippen molar-refractivity contribution in [3.8, 4) is 6.07 Å². The lowest BCUT2D eigenvalue weighted by atomic mass is 9.96. The van der Waals surface area contributed by atoms with Crippen LogP contribution < -0.4 is 5.32 Å². The van der Waals surface area contributed by atoms with Crippen molar-refractivity contribution in [1.82, 2.24) is 5.32 Å². The Morgan fingerprint density at radius 3 is 2.23 bits per heavy atom. The first-order chi connectivity index (χ1) is 5.99. The maximum Gasteiger partial charge on any atom is 0.237 e. The zero-order valence-corrected chi connectivity index (χ0v) is 8.79. The van der Waals surface area contributed by atoms with Gasteiger partial charge in [0.2, 0.25) is 5.91 Å². The molecule has 0 saturated heterocycles. The lowest BCUT2D eigenvalue weighted by molar-refractivity contribution is -0.124. The molecule has 0 bridgehead atoms. The summed E-state index contributed by atoms with van der Waals surface area (Å²) >= 11 is 0. The van der Waals surface area contributed by atoms with Gasteiger partial charge in [0, 0.05) is 6.54 Å². The number of amides is 1. The van der Waals surface area contributed by atoms with E-state index in [0.29, 0.717) is 12.5 Å². The van der Waals surface area contributed by atoms with E-state index in [4.69, 9.17) is 5.26 Å². The normalized spacial score (nSPS) is 12.7. The Kier molecular flexibility index (Phi) is 5.13. The summed E-state index contributed by atoms with van der Waals surface area (Å²) in [6.45, 7) is 8.45. The predicted molar refractivity (Wildman–Crippen MR) is 51.8 cm³/mol. The molecule has 0 aromatic heterocycles. The van der Waals surface area contributed by atoms with Crippen molar-refractivity contribution in [2.75, 3.05) is 6.54 Å². The number of hydrogen-bond donors (Lipinski definition) is 1. The summed E-state index contributed by atoms with van der Waals surface area (Å²) in [7, 11) is 0. The van der Waals surface area contributed by atoms with Gasteiger partial charge < -0.3 is 5.32 Å². The molecule has 1 N–H and O–H groups in total. The summed E-state index contributed by atoms with van der Waals surface area (Å²) in [5, 5.41) is 11.5. The van der Waals surface area contributed by atoms with Gasteiger partial charge in [-0.1, -0.05) is 27.7 Å². The Morgan fingerprint density at radius 2 is 1.92 bits per heavy atom. The number of nitrogens with zero attached hydrogens (tertiary/aromatic N) is 1. The second-order valence-electron chi connectivity index (χ2n) is 3.99. The number of nitrogens with one attached hydrogen (secondary N) is 1. The third-order valence-electron chi connectivity index (χ3n) is 1.77. The number of hydrogen-bond acceptors (Lipinski definition) is 2. The van der Waals surface area contributed by atoms with Gasteiger partial charge in [-0.25, -0.2) is 0 Å². The van der Waals surface area contributed by atoms with Crippen LogP contribution in [0.2, 0.25) is 0 Å². The zero-order valence-electron chi connectivity index (χ0n) is 8.79. The Bertz CT molecular complexity index is 203. The van der Waals surface area contributed by atoms with Crippen molar-refractivity contribution in [3.05, 3.63) is 0 Å². The molecule has 0 aliphatic rings. The standard InChI is InChI=1S/C10H18N2O/c1-7(2)6-12-10(13)9(5-11)8(3)4/h7-9H,6H2,1-4H3,(H,12,13). The van der Waals surface area contributed by atoms with Crippen molar-refractivity contribution in [3.63, 3.8) is 0 Å². The number of rotatable bonds is 4. The average Bonchev–Trinajstić information content (AvgIpc) is 2.01. The maximum absolute atomic E-state index is 11.4. The Balaban J connectivity index is 4.02. The van der Waals surface area contributed by atoms with Gasteiger partial charge in [0.15, 0.2) is 0 Å². The van der Waals surface area contributed by atoms with Crippen molar-refractivity contribution < 1.29 is 4.79 Å². The molecule has 0 radical (unpaired) electrons. The Hall–Kier alpha value is -1.04. The Labute approximate surface area is 80.1 Å². The third-order valence-corrected chi connectivity index (χ3v) is 1.77. The topological polar surface area (TPSA) is 52.9 Å². The first kappa shape index (κ1) is 12.0. The van der Waals surface area contributed by atoms with E-state index in [1.165, 1.54) is 0 Å². The molecule has 0 aromatic carbocycles. The van der Waals surface area contributed by atoms with E-state index in [1.807, 2.05) is 33.8 Å². The molecule has 3 heteroatoms. The highest BCUT2D eigenvalue weighted by molar-refractivity contribution is 5.81. The molecule has 1 unspecified atom stereocenters. The van der Waals surface area contributed by atoms with Gasteiger partial charge in [-0.05, 0) is 11.8 Å². The lowest BCUT2D eigenvalue weighted by Gasteiger charge is -2.14. The van der Waals surface area contributed by atoms with E-state index in [2.05, 4.69) is 5.32 Å². The minimum Gasteiger partial charge on any atom is -0.355 e. The quantitative estimate of drug-likeness (QED) is 0.717. The van der Waals surface area contributed by atoms with E-state index in [1.54, 1.807) is 0 Å². The highest BCUT2D eigenvalue weighted by atomic mass is 16.1. The van der Waals surface area contributed by atoms with Crippen LogP contribution in [0.1, 0.15) is 27.7 Å². The number of carbonyl (C=O) groups excluding carboxylic acids is 1. The molecule has 0 heterocycles. The van der Waals surface area contributed by atoms with Crippen LogP contribution in [0, 0.1) is 29.1 Å². The monoisotopic (exact) mass is 182 g/mol. The zero-order chi connectivity index (χ0) is 10.4. The van der Waals surface area contributed by atoms with E-state index in [0.717, 1.165) is 0 Å². The van der Waals surface area contributed by atoms with Gasteiger partial charge in [0.1, 0.15) is 5.92 Å². The van der Waals surface area contributed by atoms with Crippen molar-refractivity contribution in [2.45, 2.75) is 27.7 Å².